The summed E-state index contributed by atoms with van der Waals surface area (Å²) in [7, 11) is 0. The fraction of sp³-hybridized carbons (Fsp3) is 0.667. The first-order valence-corrected chi connectivity index (χ1v) is 5.86. The van der Waals surface area contributed by atoms with E-state index < -0.39 is 0 Å². The molecule has 0 aliphatic heterocycles. The number of nitrogens with one attached hydrogen (secondary N) is 1. The summed E-state index contributed by atoms with van der Waals surface area (Å²) in [5.74, 6) is 1.93. The predicted octanol–water partition coefficient (Wildman–Crippen LogP) is 2.72. The smallest absolute Gasteiger partial charge is 0.218 e. The molecule has 0 radical (unpaired) electrons. The Hall–Kier alpha value is -1.32. The molecule has 0 spiro atoms. The number of ether oxygens (including phenoxy) is 1. The van der Waals surface area contributed by atoms with Crippen molar-refractivity contribution in [1.29, 1.82) is 0 Å². The van der Waals surface area contributed by atoms with Crippen molar-refractivity contribution >= 4 is 5.82 Å². The first-order chi connectivity index (χ1) is 7.63. The fourth-order valence-electron chi connectivity index (χ4n) is 1.08. The van der Waals surface area contributed by atoms with Gasteiger partial charge in [0.15, 0.2) is 0 Å². The van der Waals surface area contributed by atoms with E-state index in [1.54, 1.807) is 0 Å². The van der Waals surface area contributed by atoms with Crippen LogP contribution in [0.5, 0.6) is 5.88 Å². The molecule has 1 unspecified atom stereocenters. The Kier molecular flexibility index (Phi) is 5.02. The van der Waals surface area contributed by atoms with Gasteiger partial charge in [-0.05, 0) is 19.3 Å². The molecule has 16 heavy (non-hydrogen) atoms. The quantitative estimate of drug-likeness (QED) is 0.805. The third kappa shape index (κ3) is 4.04. The highest BCUT2D eigenvalue weighted by molar-refractivity contribution is 5.36. The van der Waals surface area contributed by atoms with Gasteiger partial charge in [0.05, 0.1) is 6.10 Å². The minimum absolute atomic E-state index is 0.161. The standard InChI is InChI=1S/C12H21N3O/c1-5-6-13-11-7-12(15-8-14-11)16-10(4)9(2)3/h7-10H,5-6H2,1-4H3,(H,13,14,15). The molecule has 4 heteroatoms. The van der Waals surface area contributed by atoms with Gasteiger partial charge in [-0.15, -0.1) is 0 Å². The Bertz CT molecular complexity index is 315. The molecule has 1 atom stereocenters. The second-order valence-electron chi connectivity index (χ2n) is 4.24. The van der Waals surface area contributed by atoms with Gasteiger partial charge < -0.3 is 10.1 Å². The molecular weight excluding hydrogens is 202 g/mol. The van der Waals surface area contributed by atoms with Crippen LogP contribution in [0.1, 0.15) is 34.1 Å². The lowest BCUT2D eigenvalue weighted by atomic mass is 10.1. The summed E-state index contributed by atoms with van der Waals surface area (Å²) in [5, 5.41) is 3.21. The molecule has 0 amide bonds. The molecule has 1 rings (SSSR count). The van der Waals surface area contributed by atoms with Crippen molar-refractivity contribution in [3.63, 3.8) is 0 Å². The van der Waals surface area contributed by atoms with Gasteiger partial charge in [0, 0.05) is 12.6 Å². The van der Waals surface area contributed by atoms with Gasteiger partial charge in [-0.2, -0.15) is 0 Å². The molecule has 0 bridgehead atoms. The normalized spacial score (nSPS) is 12.6. The maximum Gasteiger partial charge on any atom is 0.218 e. The minimum Gasteiger partial charge on any atom is -0.474 e. The van der Waals surface area contributed by atoms with Crippen molar-refractivity contribution in [3.8, 4) is 5.88 Å². The number of hydrogen-bond acceptors (Lipinski definition) is 4. The molecule has 1 heterocycles. The van der Waals surface area contributed by atoms with Crippen LogP contribution >= 0.6 is 0 Å². The Morgan fingerprint density at radius 2 is 2.06 bits per heavy atom. The SMILES string of the molecule is CCCNc1cc(OC(C)C(C)C)ncn1. The zero-order chi connectivity index (χ0) is 12.0. The van der Waals surface area contributed by atoms with Crippen LogP contribution < -0.4 is 10.1 Å². The van der Waals surface area contributed by atoms with Gasteiger partial charge in [-0.1, -0.05) is 20.8 Å². The first-order valence-electron chi connectivity index (χ1n) is 5.86. The van der Waals surface area contributed by atoms with Crippen molar-refractivity contribution in [2.45, 2.75) is 40.2 Å². The van der Waals surface area contributed by atoms with Crippen molar-refractivity contribution in [3.05, 3.63) is 12.4 Å². The Morgan fingerprint density at radius 1 is 1.31 bits per heavy atom. The number of nitrogens with zero attached hydrogens (tertiary/aromatic N) is 2. The van der Waals surface area contributed by atoms with E-state index in [1.165, 1.54) is 6.33 Å². The Labute approximate surface area is 97.5 Å². The van der Waals surface area contributed by atoms with E-state index in [-0.39, 0.29) is 6.10 Å². The highest BCUT2D eigenvalue weighted by atomic mass is 16.5. The minimum atomic E-state index is 0.161. The van der Waals surface area contributed by atoms with Gasteiger partial charge in [0.25, 0.3) is 0 Å². The molecular formula is C12H21N3O. The van der Waals surface area contributed by atoms with Crippen molar-refractivity contribution in [2.75, 3.05) is 11.9 Å². The molecule has 0 aromatic carbocycles. The van der Waals surface area contributed by atoms with Crippen molar-refractivity contribution in [1.82, 2.24) is 9.97 Å². The van der Waals surface area contributed by atoms with Gasteiger partial charge in [-0.3, -0.25) is 0 Å². The number of aromatic nitrogens is 2. The van der Waals surface area contributed by atoms with E-state index in [0.29, 0.717) is 11.8 Å². The van der Waals surface area contributed by atoms with E-state index in [2.05, 4.69) is 36.1 Å². The topological polar surface area (TPSA) is 47.0 Å². The lowest BCUT2D eigenvalue weighted by Crippen LogP contribution is -2.19. The summed E-state index contributed by atoms with van der Waals surface area (Å²) in [4.78, 5) is 8.22. The van der Waals surface area contributed by atoms with E-state index in [4.69, 9.17) is 4.74 Å². The van der Waals surface area contributed by atoms with Gasteiger partial charge in [-0.25, -0.2) is 9.97 Å². The van der Waals surface area contributed by atoms with Crippen LogP contribution in [0.4, 0.5) is 5.82 Å². The molecule has 4 nitrogen and oxygen atoms in total. The van der Waals surface area contributed by atoms with Crippen molar-refractivity contribution < 1.29 is 4.74 Å². The predicted molar refractivity (Wildman–Crippen MR) is 65.7 cm³/mol. The zero-order valence-electron chi connectivity index (χ0n) is 10.5. The maximum absolute atomic E-state index is 5.71. The Morgan fingerprint density at radius 3 is 2.69 bits per heavy atom. The average molecular weight is 223 g/mol. The molecule has 0 saturated carbocycles. The molecule has 1 aromatic heterocycles. The number of rotatable bonds is 6. The third-order valence-corrected chi connectivity index (χ3v) is 2.44. The lowest BCUT2D eigenvalue weighted by molar-refractivity contribution is 0.163. The summed E-state index contributed by atoms with van der Waals surface area (Å²) >= 11 is 0. The van der Waals surface area contributed by atoms with Gasteiger partial charge in [0.2, 0.25) is 5.88 Å². The summed E-state index contributed by atoms with van der Waals surface area (Å²) in [6.45, 7) is 9.33. The highest BCUT2D eigenvalue weighted by Gasteiger charge is 2.09. The summed E-state index contributed by atoms with van der Waals surface area (Å²) in [6.07, 6.45) is 2.76. The van der Waals surface area contributed by atoms with E-state index >= 15 is 0 Å². The summed E-state index contributed by atoms with van der Waals surface area (Å²) < 4.78 is 5.71. The molecule has 1 N–H and O–H groups in total. The summed E-state index contributed by atoms with van der Waals surface area (Å²) in [6, 6.07) is 1.84. The number of hydrogen-bond donors (Lipinski definition) is 1. The fourth-order valence-corrected chi connectivity index (χ4v) is 1.08. The average Bonchev–Trinajstić information content (AvgIpc) is 2.26. The molecule has 0 saturated heterocycles. The molecule has 90 valence electrons. The van der Waals surface area contributed by atoms with Crippen LogP contribution in [0.15, 0.2) is 12.4 Å². The van der Waals surface area contributed by atoms with E-state index in [9.17, 15) is 0 Å². The first kappa shape index (κ1) is 12.7. The second-order valence-corrected chi connectivity index (χ2v) is 4.24. The third-order valence-electron chi connectivity index (χ3n) is 2.44. The van der Waals surface area contributed by atoms with Crippen molar-refractivity contribution in [2.24, 2.45) is 5.92 Å². The second kappa shape index (κ2) is 6.30. The molecule has 0 fully saturated rings. The van der Waals surface area contributed by atoms with E-state index in [0.717, 1.165) is 18.8 Å². The molecule has 0 aliphatic carbocycles. The maximum atomic E-state index is 5.71. The largest absolute Gasteiger partial charge is 0.474 e. The van der Waals surface area contributed by atoms with Crippen LogP contribution in [-0.4, -0.2) is 22.6 Å². The zero-order valence-corrected chi connectivity index (χ0v) is 10.5. The van der Waals surface area contributed by atoms with Gasteiger partial charge in [0.1, 0.15) is 12.1 Å². The highest BCUT2D eigenvalue weighted by Crippen LogP contribution is 2.15. The molecule has 0 aliphatic rings. The lowest BCUT2D eigenvalue weighted by Gasteiger charge is -2.17. The van der Waals surface area contributed by atoms with Crippen LogP contribution in [0.25, 0.3) is 0 Å². The Balaban J connectivity index is 2.59. The van der Waals surface area contributed by atoms with Crippen LogP contribution in [0, 0.1) is 5.92 Å². The van der Waals surface area contributed by atoms with Crippen LogP contribution in [0.3, 0.4) is 0 Å². The number of anilines is 1. The van der Waals surface area contributed by atoms with Crippen LogP contribution in [-0.2, 0) is 0 Å². The molecule has 1 aromatic rings. The summed E-state index contributed by atoms with van der Waals surface area (Å²) in [5.41, 5.74) is 0. The van der Waals surface area contributed by atoms with Crippen LogP contribution in [0.2, 0.25) is 0 Å². The van der Waals surface area contributed by atoms with E-state index in [1.807, 2.05) is 13.0 Å². The van der Waals surface area contributed by atoms with Gasteiger partial charge >= 0.3 is 0 Å². The monoisotopic (exact) mass is 223 g/mol.